The van der Waals surface area contributed by atoms with Crippen LogP contribution < -0.4 is 15.1 Å². The molecule has 150 valence electrons. The molecule has 9 heteroatoms. The predicted octanol–water partition coefficient (Wildman–Crippen LogP) is 3.03. The Morgan fingerprint density at radius 2 is 2.03 bits per heavy atom. The van der Waals surface area contributed by atoms with Gasteiger partial charge in [-0.1, -0.05) is 12.2 Å². The maximum absolute atomic E-state index is 14.8. The maximum atomic E-state index is 14.8. The Morgan fingerprint density at radius 1 is 1.34 bits per heavy atom. The molecule has 0 aromatic heterocycles. The summed E-state index contributed by atoms with van der Waals surface area (Å²) in [7, 11) is 0. The van der Waals surface area contributed by atoms with Crippen LogP contribution in [0.1, 0.15) is 19.8 Å². The second-order valence-corrected chi connectivity index (χ2v) is 7.49. The number of anilines is 2. The number of hydrogen-bond acceptors (Lipinski definition) is 6. The van der Waals surface area contributed by atoms with Crippen LogP contribution in [0.4, 0.5) is 20.6 Å². The number of nitrogens with one attached hydrogen (secondary N) is 1. The number of nitrogens with zero attached hydrogens (tertiary/aromatic N) is 4. The maximum Gasteiger partial charge on any atom is 0.414 e. The van der Waals surface area contributed by atoms with Gasteiger partial charge in [0.05, 0.1) is 29.5 Å². The summed E-state index contributed by atoms with van der Waals surface area (Å²) in [6, 6.07) is 8.50. The van der Waals surface area contributed by atoms with E-state index in [9.17, 15) is 9.18 Å². The van der Waals surface area contributed by atoms with Crippen LogP contribution >= 0.6 is 12.2 Å². The largest absolute Gasteiger partial charge is 0.442 e. The Balaban J connectivity index is 1.68. The van der Waals surface area contributed by atoms with E-state index in [1.54, 1.807) is 19.1 Å². The molecular weight excluding hydrogens is 393 g/mol. The first-order valence-corrected chi connectivity index (χ1v) is 9.63. The number of cyclic esters (lactones) is 1. The highest BCUT2D eigenvalue weighted by atomic mass is 32.1. The number of halogens is 1. The van der Waals surface area contributed by atoms with E-state index in [0.717, 1.165) is 5.57 Å². The van der Waals surface area contributed by atoms with Crippen molar-refractivity contribution in [2.45, 2.75) is 25.9 Å². The monoisotopic (exact) mass is 413 g/mol. The van der Waals surface area contributed by atoms with Gasteiger partial charge in [0, 0.05) is 13.1 Å². The van der Waals surface area contributed by atoms with Gasteiger partial charge in [-0.25, -0.2) is 9.18 Å². The van der Waals surface area contributed by atoms with Gasteiger partial charge in [0.1, 0.15) is 29.6 Å². The first kappa shape index (κ1) is 20.6. The average molecular weight is 413 g/mol. The van der Waals surface area contributed by atoms with Crippen molar-refractivity contribution in [3.63, 3.8) is 0 Å². The normalized spacial score (nSPS) is 18.7. The van der Waals surface area contributed by atoms with Crippen LogP contribution in [0.2, 0.25) is 0 Å². The quantitative estimate of drug-likeness (QED) is 0.599. The highest BCUT2D eigenvalue weighted by Crippen LogP contribution is 2.30. The van der Waals surface area contributed by atoms with Gasteiger partial charge in [-0.15, -0.1) is 0 Å². The van der Waals surface area contributed by atoms with E-state index in [1.165, 1.54) is 11.0 Å². The van der Waals surface area contributed by atoms with Crippen LogP contribution in [0, 0.1) is 28.5 Å². The molecule has 2 heterocycles. The van der Waals surface area contributed by atoms with Crippen LogP contribution in [0.25, 0.3) is 0 Å². The minimum Gasteiger partial charge on any atom is -0.442 e. The summed E-state index contributed by atoms with van der Waals surface area (Å²) in [6.07, 6.45) is 0.220. The van der Waals surface area contributed by atoms with Gasteiger partial charge in [-0.2, -0.15) is 10.5 Å². The van der Waals surface area contributed by atoms with Crippen LogP contribution in [0.15, 0.2) is 29.3 Å². The SMILES string of the molecule is CC(=S)NCC1CN(c2ccc(N3CCC(=C(C#N)C#N)CC3)c(F)c2)C(=O)O1. The average Bonchev–Trinajstić information content (AvgIpc) is 3.08. The summed E-state index contributed by atoms with van der Waals surface area (Å²) in [6.45, 7) is 3.52. The van der Waals surface area contributed by atoms with Gasteiger partial charge in [-0.3, -0.25) is 4.90 Å². The molecule has 0 bridgehead atoms. The molecule has 1 aromatic carbocycles. The molecule has 2 aliphatic rings. The van der Waals surface area contributed by atoms with Gasteiger partial charge in [0.2, 0.25) is 0 Å². The van der Waals surface area contributed by atoms with Crippen molar-refractivity contribution in [1.82, 2.24) is 5.32 Å². The fourth-order valence-electron chi connectivity index (χ4n) is 3.47. The zero-order chi connectivity index (χ0) is 21.0. The van der Waals surface area contributed by atoms with Crippen molar-refractivity contribution in [3.8, 4) is 12.1 Å². The first-order valence-electron chi connectivity index (χ1n) is 9.22. The number of rotatable bonds is 4. The summed E-state index contributed by atoms with van der Waals surface area (Å²) in [4.78, 5) is 16.0. The molecule has 29 heavy (non-hydrogen) atoms. The lowest BCUT2D eigenvalue weighted by molar-refractivity contribution is 0.143. The van der Waals surface area contributed by atoms with E-state index < -0.39 is 11.9 Å². The molecule has 1 aromatic rings. The summed E-state index contributed by atoms with van der Waals surface area (Å²) in [5.41, 5.74) is 1.84. The van der Waals surface area contributed by atoms with Crippen molar-refractivity contribution >= 4 is 34.7 Å². The number of hydrogen-bond donors (Lipinski definition) is 1. The number of allylic oxidation sites excluding steroid dienone is 1. The van der Waals surface area contributed by atoms with Crippen LogP contribution in [-0.4, -0.2) is 43.4 Å². The number of nitriles is 2. The van der Waals surface area contributed by atoms with Gasteiger partial charge < -0.3 is 15.0 Å². The Morgan fingerprint density at radius 3 is 2.62 bits per heavy atom. The fourth-order valence-corrected chi connectivity index (χ4v) is 3.55. The first-order chi connectivity index (χ1) is 13.9. The van der Waals surface area contributed by atoms with Crippen molar-refractivity contribution in [2.24, 2.45) is 0 Å². The van der Waals surface area contributed by atoms with Crippen LogP contribution in [0.3, 0.4) is 0 Å². The zero-order valence-electron chi connectivity index (χ0n) is 15.9. The lowest BCUT2D eigenvalue weighted by atomic mass is 9.98. The molecule has 7 nitrogen and oxygen atoms in total. The van der Waals surface area contributed by atoms with Gasteiger partial charge in [0.25, 0.3) is 0 Å². The lowest BCUT2D eigenvalue weighted by Gasteiger charge is -2.31. The Labute approximate surface area is 173 Å². The number of piperidine rings is 1. The molecule has 0 spiro atoms. The van der Waals surface area contributed by atoms with Crippen molar-refractivity contribution in [1.29, 1.82) is 10.5 Å². The second-order valence-electron chi connectivity index (χ2n) is 6.88. The molecule has 1 unspecified atom stereocenters. The molecule has 0 saturated carbocycles. The predicted molar refractivity (Wildman–Crippen MR) is 110 cm³/mol. The molecular formula is C20H20FN5O2S. The van der Waals surface area contributed by atoms with Crippen molar-refractivity contribution < 1.29 is 13.9 Å². The van der Waals surface area contributed by atoms with E-state index in [1.807, 2.05) is 17.0 Å². The third kappa shape index (κ3) is 4.64. The number of benzene rings is 1. The third-order valence-corrected chi connectivity index (χ3v) is 5.12. The Kier molecular flexibility index (Phi) is 6.30. The fraction of sp³-hybridized carbons (Fsp3) is 0.400. The summed E-state index contributed by atoms with van der Waals surface area (Å²) >= 11 is 4.96. The van der Waals surface area contributed by atoms with Gasteiger partial charge in [0.15, 0.2) is 0 Å². The summed E-state index contributed by atoms with van der Waals surface area (Å²) in [5, 5.41) is 20.9. The Bertz CT molecular complexity index is 923. The highest BCUT2D eigenvalue weighted by molar-refractivity contribution is 7.80. The third-order valence-electron chi connectivity index (χ3n) is 4.98. The molecule has 2 fully saturated rings. The number of ether oxygens (including phenoxy) is 1. The molecule has 1 amide bonds. The minimum atomic E-state index is -0.515. The molecule has 0 aliphatic carbocycles. The standard InChI is InChI=1S/C20H20FN5O2S/c1-13(29)24-11-17-12-26(20(27)28-17)16-2-3-19(18(21)8-16)25-6-4-14(5-7-25)15(9-22)10-23/h2-3,8,17H,4-7,11-12H2,1H3,(H,24,29). The molecule has 2 saturated heterocycles. The molecule has 0 radical (unpaired) electrons. The second kappa shape index (κ2) is 8.89. The zero-order valence-corrected chi connectivity index (χ0v) is 16.8. The number of thiocarbonyl (C=S) groups is 1. The van der Waals surface area contributed by atoms with Crippen molar-refractivity contribution in [2.75, 3.05) is 36.0 Å². The summed E-state index contributed by atoms with van der Waals surface area (Å²) < 4.78 is 20.1. The smallest absolute Gasteiger partial charge is 0.414 e. The van der Waals surface area contributed by atoms with Gasteiger partial charge >= 0.3 is 6.09 Å². The Hall–Kier alpha value is -3.17. The lowest BCUT2D eigenvalue weighted by Crippen LogP contribution is -2.33. The van der Waals surface area contributed by atoms with E-state index in [2.05, 4.69) is 5.32 Å². The van der Waals surface area contributed by atoms with Crippen LogP contribution in [0.5, 0.6) is 0 Å². The highest BCUT2D eigenvalue weighted by Gasteiger charge is 2.33. The van der Waals surface area contributed by atoms with E-state index in [-0.39, 0.29) is 11.7 Å². The van der Waals surface area contributed by atoms with E-state index in [4.69, 9.17) is 27.5 Å². The number of amides is 1. The van der Waals surface area contributed by atoms with Crippen molar-refractivity contribution in [3.05, 3.63) is 35.2 Å². The molecule has 1 atom stereocenters. The number of carbonyl (C=O) groups is 1. The number of carbonyl (C=O) groups excluding carboxylic acids is 1. The summed E-state index contributed by atoms with van der Waals surface area (Å²) in [5.74, 6) is -0.431. The molecule has 2 aliphatic heterocycles. The van der Waals surface area contributed by atoms with E-state index in [0.29, 0.717) is 55.4 Å². The molecule has 1 N–H and O–H groups in total. The molecule has 3 rings (SSSR count). The van der Waals surface area contributed by atoms with E-state index >= 15 is 0 Å². The van der Waals surface area contributed by atoms with Gasteiger partial charge in [-0.05, 0) is 43.5 Å². The minimum absolute atomic E-state index is 0.154. The topological polar surface area (TPSA) is 92.4 Å². The van der Waals surface area contributed by atoms with Crippen LogP contribution in [-0.2, 0) is 4.74 Å².